The van der Waals surface area contributed by atoms with E-state index in [1.165, 1.54) is 47.8 Å². The molecule has 0 unspecified atom stereocenters. The zero-order chi connectivity index (χ0) is 27.8. The van der Waals surface area contributed by atoms with E-state index in [0.717, 1.165) is 10.8 Å². The Morgan fingerprint density at radius 3 is 2.34 bits per heavy atom. The Kier molecular flexibility index (Phi) is 7.52. The lowest BCUT2D eigenvalue weighted by molar-refractivity contribution is -0.180. The normalized spacial score (nSPS) is 14.5. The monoisotopic (exact) mass is 578 g/mol. The molecule has 4 rings (SSSR count). The molecule has 1 saturated heterocycles. The van der Waals surface area contributed by atoms with E-state index in [9.17, 15) is 35.2 Å². The molecule has 1 aliphatic rings. The summed E-state index contributed by atoms with van der Waals surface area (Å²) in [6.45, 7) is -1.24. The summed E-state index contributed by atoms with van der Waals surface area (Å²) >= 11 is 6.01. The zero-order valence-corrected chi connectivity index (χ0v) is 21.1. The minimum Gasteiger partial charge on any atom is -0.368 e. The Hall–Kier alpha value is -3.46. The molecular formula is C22H20ClF5N6O3S. The van der Waals surface area contributed by atoms with Gasteiger partial charge in [-0.25, -0.2) is 27.2 Å². The molecule has 2 aromatic heterocycles. The molecule has 0 aliphatic carbocycles. The Balaban J connectivity index is 1.55. The third-order valence-electron chi connectivity index (χ3n) is 5.53. The van der Waals surface area contributed by atoms with Crippen LogP contribution in [-0.4, -0.2) is 60.8 Å². The van der Waals surface area contributed by atoms with E-state index in [4.69, 9.17) is 11.6 Å². The van der Waals surface area contributed by atoms with Gasteiger partial charge in [0.15, 0.2) is 5.82 Å². The van der Waals surface area contributed by atoms with Crippen LogP contribution in [0, 0.1) is 5.92 Å². The van der Waals surface area contributed by atoms with Crippen molar-refractivity contribution < 1.29 is 35.2 Å². The lowest BCUT2D eigenvalue weighted by Crippen LogP contribution is -2.53. The van der Waals surface area contributed by atoms with E-state index in [1.54, 1.807) is 0 Å². The first kappa shape index (κ1) is 27.6. The van der Waals surface area contributed by atoms with Gasteiger partial charge in [0.05, 0.1) is 53.7 Å². The fourth-order valence-electron chi connectivity index (χ4n) is 3.77. The van der Waals surface area contributed by atoms with E-state index in [-0.39, 0.29) is 46.6 Å². The average Bonchev–Trinajstić information content (AvgIpc) is 3.13. The van der Waals surface area contributed by atoms with Gasteiger partial charge in [-0.2, -0.15) is 13.2 Å². The molecule has 1 aromatic carbocycles. The van der Waals surface area contributed by atoms with Gasteiger partial charge in [0.25, 0.3) is 12.3 Å². The Labute approximate surface area is 218 Å². The van der Waals surface area contributed by atoms with Gasteiger partial charge in [0, 0.05) is 30.0 Å². The summed E-state index contributed by atoms with van der Waals surface area (Å²) in [5, 5.41) is 2.65. The van der Waals surface area contributed by atoms with Crippen molar-refractivity contribution in [1.82, 2.24) is 14.5 Å². The lowest BCUT2D eigenvalue weighted by Gasteiger charge is -2.41. The van der Waals surface area contributed by atoms with Gasteiger partial charge in [-0.3, -0.25) is 9.52 Å². The SMILES string of the molecule is CS(=O)(=O)Nc1cc(Cl)cc(NC(=O)c2cc(-c3ncc(N4CC(C(F)(F)F)C4)cn3)n(CC(F)F)c2)c1. The van der Waals surface area contributed by atoms with Crippen molar-refractivity contribution in [3.63, 3.8) is 0 Å². The number of amides is 1. The third kappa shape index (κ3) is 6.69. The number of sulfonamides is 1. The van der Waals surface area contributed by atoms with Gasteiger partial charge in [-0.15, -0.1) is 0 Å². The summed E-state index contributed by atoms with van der Waals surface area (Å²) in [6, 6.07) is 5.31. The first-order valence-corrected chi connectivity index (χ1v) is 13.2. The van der Waals surface area contributed by atoms with Crippen LogP contribution in [0.4, 0.5) is 39.0 Å². The van der Waals surface area contributed by atoms with Crippen LogP contribution in [0.1, 0.15) is 10.4 Å². The molecule has 1 amide bonds. The highest BCUT2D eigenvalue weighted by molar-refractivity contribution is 7.92. The van der Waals surface area contributed by atoms with Crippen molar-refractivity contribution in [2.45, 2.75) is 19.1 Å². The smallest absolute Gasteiger partial charge is 0.368 e. The molecule has 0 radical (unpaired) electrons. The molecule has 0 spiro atoms. The summed E-state index contributed by atoms with van der Waals surface area (Å²) < 4.78 is 91.0. The molecule has 38 heavy (non-hydrogen) atoms. The number of benzene rings is 1. The second kappa shape index (κ2) is 10.4. The van der Waals surface area contributed by atoms with E-state index in [1.807, 2.05) is 0 Å². The topological polar surface area (TPSA) is 109 Å². The second-order valence-corrected chi connectivity index (χ2v) is 10.8. The fourth-order valence-corrected chi connectivity index (χ4v) is 4.55. The number of aromatic nitrogens is 3. The zero-order valence-electron chi connectivity index (χ0n) is 19.5. The third-order valence-corrected chi connectivity index (χ3v) is 6.35. The Morgan fingerprint density at radius 1 is 1.13 bits per heavy atom. The summed E-state index contributed by atoms with van der Waals surface area (Å²) in [7, 11) is -3.61. The maximum absolute atomic E-state index is 13.2. The molecular weight excluding hydrogens is 559 g/mol. The summed E-state index contributed by atoms with van der Waals surface area (Å²) in [5.41, 5.74) is 0.650. The van der Waals surface area contributed by atoms with Crippen molar-refractivity contribution in [2.24, 2.45) is 5.92 Å². The molecule has 1 aliphatic heterocycles. The number of rotatable bonds is 8. The summed E-state index contributed by atoms with van der Waals surface area (Å²) in [5.74, 6) is -2.16. The van der Waals surface area contributed by atoms with E-state index in [0.29, 0.717) is 5.69 Å². The molecule has 0 bridgehead atoms. The highest BCUT2D eigenvalue weighted by Crippen LogP contribution is 2.36. The van der Waals surface area contributed by atoms with Crippen molar-refractivity contribution in [3.05, 3.63) is 53.4 Å². The molecule has 0 atom stereocenters. The highest BCUT2D eigenvalue weighted by atomic mass is 35.5. The quantitative estimate of drug-likeness (QED) is 0.381. The van der Waals surface area contributed by atoms with Crippen molar-refractivity contribution >= 4 is 44.6 Å². The minimum absolute atomic E-state index is 0.0104. The van der Waals surface area contributed by atoms with Crippen LogP contribution in [-0.2, 0) is 16.6 Å². The van der Waals surface area contributed by atoms with E-state index in [2.05, 4.69) is 20.0 Å². The van der Waals surface area contributed by atoms with E-state index < -0.39 is 41.0 Å². The number of anilines is 3. The lowest BCUT2D eigenvalue weighted by atomic mass is 9.99. The summed E-state index contributed by atoms with van der Waals surface area (Å²) in [4.78, 5) is 22.5. The van der Waals surface area contributed by atoms with Crippen LogP contribution in [0.15, 0.2) is 42.9 Å². The molecule has 1 fully saturated rings. The van der Waals surface area contributed by atoms with Crippen molar-refractivity contribution in [1.29, 1.82) is 0 Å². The largest absolute Gasteiger partial charge is 0.395 e. The number of hydrogen-bond acceptors (Lipinski definition) is 6. The maximum Gasteiger partial charge on any atom is 0.395 e. The highest BCUT2D eigenvalue weighted by Gasteiger charge is 2.47. The molecule has 16 heteroatoms. The molecule has 0 saturated carbocycles. The van der Waals surface area contributed by atoms with Crippen LogP contribution >= 0.6 is 11.6 Å². The predicted molar refractivity (Wildman–Crippen MR) is 131 cm³/mol. The minimum atomic E-state index is -4.29. The first-order chi connectivity index (χ1) is 17.7. The van der Waals surface area contributed by atoms with Gasteiger partial charge in [0.2, 0.25) is 10.0 Å². The van der Waals surface area contributed by atoms with Crippen LogP contribution in [0.5, 0.6) is 0 Å². The second-order valence-electron chi connectivity index (χ2n) is 8.62. The molecule has 2 N–H and O–H groups in total. The Bertz CT molecular complexity index is 1440. The number of carbonyl (C=O) groups excluding carboxylic acids is 1. The maximum atomic E-state index is 13.2. The Morgan fingerprint density at radius 2 is 1.76 bits per heavy atom. The van der Waals surface area contributed by atoms with Crippen LogP contribution in [0.25, 0.3) is 11.5 Å². The average molecular weight is 579 g/mol. The summed E-state index contributed by atoms with van der Waals surface area (Å²) in [6.07, 6.45) is -2.36. The van der Waals surface area contributed by atoms with E-state index >= 15 is 0 Å². The number of nitrogens with one attached hydrogen (secondary N) is 2. The molecule has 3 heterocycles. The van der Waals surface area contributed by atoms with Crippen LogP contribution < -0.4 is 14.9 Å². The number of nitrogens with zero attached hydrogens (tertiary/aromatic N) is 4. The fraction of sp³-hybridized carbons (Fsp3) is 0.318. The number of carbonyl (C=O) groups is 1. The first-order valence-electron chi connectivity index (χ1n) is 10.9. The standard InChI is InChI=1S/C22H20ClF5N6O3S/c1-38(36,37)32-16-4-14(23)3-15(5-16)31-21(35)12-2-18(34(8-12)11-19(24)25)20-29-6-17(7-30-20)33-9-13(10-33)22(26,27)28/h2-8,13,19,32H,9-11H2,1H3,(H,31,35). The molecule has 204 valence electrons. The van der Waals surface area contributed by atoms with Crippen LogP contribution in [0.3, 0.4) is 0 Å². The van der Waals surface area contributed by atoms with Gasteiger partial charge >= 0.3 is 6.18 Å². The van der Waals surface area contributed by atoms with Crippen molar-refractivity contribution in [3.8, 4) is 11.5 Å². The van der Waals surface area contributed by atoms with Gasteiger partial charge in [-0.05, 0) is 24.3 Å². The van der Waals surface area contributed by atoms with Gasteiger partial charge in [0.1, 0.15) is 0 Å². The van der Waals surface area contributed by atoms with Gasteiger partial charge < -0.3 is 14.8 Å². The predicted octanol–water partition coefficient (Wildman–Crippen LogP) is 4.49. The number of hydrogen-bond donors (Lipinski definition) is 2. The molecule has 3 aromatic rings. The van der Waals surface area contributed by atoms with Gasteiger partial charge in [-0.1, -0.05) is 11.6 Å². The molecule has 9 nitrogen and oxygen atoms in total. The van der Waals surface area contributed by atoms with Crippen molar-refractivity contribution in [2.75, 3.05) is 34.3 Å². The number of alkyl halides is 5. The van der Waals surface area contributed by atoms with Crippen LogP contribution in [0.2, 0.25) is 5.02 Å². The number of halogens is 6.